The Kier molecular flexibility index (Phi) is 5.19. The van der Waals surface area contributed by atoms with Gasteiger partial charge in [-0.15, -0.1) is 11.3 Å². The number of thiophene rings is 1. The van der Waals surface area contributed by atoms with E-state index in [1.807, 2.05) is 6.07 Å². The summed E-state index contributed by atoms with van der Waals surface area (Å²) in [4.78, 5) is 37.7. The van der Waals surface area contributed by atoms with Gasteiger partial charge in [0, 0.05) is 18.0 Å². The van der Waals surface area contributed by atoms with Gasteiger partial charge in [-0.05, 0) is 48.3 Å². The Balaban J connectivity index is 1.64. The predicted octanol–water partition coefficient (Wildman–Crippen LogP) is 2.07. The fourth-order valence-electron chi connectivity index (χ4n) is 3.24. The van der Waals surface area contributed by atoms with Gasteiger partial charge in [-0.2, -0.15) is 5.10 Å². The number of aromatic nitrogens is 2. The summed E-state index contributed by atoms with van der Waals surface area (Å²) in [5.41, 5.74) is 6.00. The molecule has 8 heteroatoms. The Hall–Kier alpha value is -2.48. The second kappa shape index (κ2) is 7.26. The molecule has 1 aliphatic carbocycles. The Morgan fingerprint density at radius 3 is 2.59 bits per heavy atom. The summed E-state index contributed by atoms with van der Waals surface area (Å²) in [5, 5.41) is 3.85. The van der Waals surface area contributed by atoms with Crippen LogP contribution in [0.3, 0.4) is 0 Å². The second-order valence-corrected chi connectivity index (χ2v) is 9.09. The minimum absolute atomic E-state index is 0.0518. The van der Waals surface area contributed by atoms with Gasteiger partial charge in [-0.3, -0.25) is 25.2 Å². The third-order valence-corrected chi connectivity index (χ3v) is 6.25. The number of carbonyl (C=O) groups is 2. The Morgan fingerprint density at radius 1 is 1.22 bits per heavy atom. The average molecular weight is 388 g/mol. The summed E-state index contributed by atoms with van der Waals surface area (Å²) in [6.07, 6.45) is 3.10. The summed E-state index contributed by atoms with van der Waals surface area (Å²) in [6, 6.07) is 4.51. The van der Waals surface area contributed by atoms with Gasteiger partial charge in [0.2, 0.25) is 0 Å². The predicted molar refractivity (Wildman–Crippen MR) is 104 cm³/mol. The van der Waals surface area contributed by atoms with Crippen LogP contribution in [0.25, 0.3) is 0 Å². The SMILES string of the molecule is Cn1nc(C(=O)NNC(=O)c2cc3c(s2)CC[C@H](C(C)(C)C)C3)ccc1=O. The first-order chi connectivity index (χ1) is 12.6. The summed E-state index contributed by atoms with van der Waals surface area (Å²) >= 11 is 1.48. The van der Waals surface area contributed by atoms with Crippen molar-refractivity contribution in [3.05, 3.63) is 49.6 Å². The lowest BCUT2D eigenvalue weighted by atomic mass is 9.72. The summed E-state index contributed by atoms with van der Waals surface area (Å²) < 4.78 is 1.07. The molecule has 0 spiro atoms. The van der Waals surface area contributed by atoms with Gasteiger partial charge in [-0.1, -0.05) is 20.8 Å². The molecule has 2 aromatic rings. The maximum atomic E-state index is 12.4. The maximum Gasteiger partial charge on any atom is 0.290 e. The van der Waals surface area contributed by atoms with Gasteiger partial charge in [0.15, 0.2) is 5.69 Å². The van der Waals surface area contributed by atoms with E-state index in [4.69, 9.17) is 0 Å². The highest BCUT2D eigenvalue weighted by Crippen LogP contribution is 2.40. The normalized spacial score (nSPS) is 16.5. The van der Waals surface area contributed by atoms with Gasteiger partial charge < -0.3 is 0 Å². The van der Waals surface area contributed by atoms with E-state index in [1.54, 1.807) is 0 Å². The molecule has 2 heterocycles. The molecule has 1 aliphatic rings. The minimum atomic E-state index is -0.576. The van der Waals surface area contributed by atoms with Gasteiger partial charge >= 0.3 is 0 Å². The van der Waals surface area contributed by atoms with Crippen molar-refractivity contribution in [3.63, 3.8) is 0 Å². The number of hydrogen-bond donors (Lipinski definition) is 2. The number of nitrogens with zero attached hydrogens (tertiary/aromatic N) is 2. The molecule has 2 aromatic heterocycles. The van der Waals surface area contributed by atoms with E-state index in [1.165, 1.54) is 41.0 Å². The lowest BCUT2D eigenvalue weighted by Crippen LogP contribution is -2.42. The van der Waals surface area contributed by atoms with E-state index >= 15 is 0 Å². The first kappa shape index (κ1) is 19.3. The lowest BCUT2D eigenvalue weighted by Gasteiger charge is -2.33. The maximum absolute atomic E-state index is 12.4. The van der Waals surface area contributed by atoms with Crippen LogP contribution in [0.2, 0.25) is 0 Å². The highest BCUT2D eigenvalue weighted by atomic mass is 32.1. The van der Waals surface area contributed by atoms with Crippen molar-refractivity contribution in [2.24, 2.45) is 18.4 Å². The zero-order valence-corrected chi connectivity index (χ0v) is 16.8. The van der Waals surface area contributed by atoms with Crippen LogP contribution < -0.4 is 16.4 Å². The molecule has 0 fully saturated rings. The van der Waals surface area contributed by atoms with E-state index < -0.39 is 5.91 Å². The molecule has 144 valence electrons. The van der Waals surface area contributed by atoms with Crippen molar-refractivity contribution in [3.8, 4) is 0 Å². The third-order valence-electron chi connectivity index (χ3n) is 5.01. The van der Waals surface area contributed by atoms with Crippen LogP contribution in [0.4, 0.5) is 0 Å². The molecule has 0 aliphatic heterocycles. The monoisotopic (exact) mass is 388 g/mol. The Bertz CT molecular complexity index is 939. The van der Waals surface area contributed by atoms with E-state index in [9.17, 15) is 14.4 Å². The number of rotatable bonds is 2. The number of aryl methyl sites for hydroxylation is 2. The van der Waals surface area contributed by atoms with Crippen LogP contribution in [0.5, 0.6) is 0 Å². The molecule has 0 radical (unpaired) electrons. The number of hydrazine groups is 1. The van der Waals surface area contributed by atoms with E-state index in [2.05, 4.69) is 36.7 Å². The molecule has 2 N–H and O–H groups in total. The van der Waals surface area contributed by atoms with Crippen molar-refractivity contribution in [2.45, 2.75) is 40.0 Å². The number of hydrogen-bond acceptors (Lipinski definition) is 5. The highest BCUT2D eigenvalue weighted by Gasteiger charge is 2.30. The molecule has 0 saturated heterocycles. The molecule has 7 nitrogen and oxygen atoms in total. The van der Waals surface area contributed by atoms with Gasteiger partial charge in [0.05, 0.1) is 4.88 Å². The van der Waals surface area contributed by atoms with Crippen molar-refractivity contribution in [1.29, 1.82) is 0 Å². The zero-order chi connectivity index (χ0) is 19.8. The zero-order valence-electron chi connectivity index (χ0n) is 16.0. The van der Waals surface area contributed by atoms with Crippen LogP contribution >= 0.6 is 11.3 Å². The number of carbonyl (C=O) groups excluding carboxylic acids is 2. The minimum Gasteiger partial charge on any atom is -0.268 e. The number of nitrogens with one attached hydrogen (secondary N) is 2. The van der Waals surface area contributed by atoms with E-state index in [0.717, 1.165) is 23.9 Å². The smallest absolute Gasteiger partial charge is 0.268 e. The molecule has 0 aromatic carbocycles. The lowest BCUT2D eigenvalue weighted by molar-refractivity contribution is 0.0845. The molecule has 27 heavy (non-hydrogen) atoms. The molecule has 0 unspecified atom stereocenters. The van der Waals surface area contributed by atoms with Crippen molar-refractivity contribution in [2.75, 3.05) is 0 Å². The third kappa shape index (κ3) is 4.27. The number of amides is 2. The molecule has 0 saturated carbocycles. The van der Waals surface area contributed by atoms with E-state index in [-0.39, 0.29) is 22.6 Å². The standard InChI is InChI=1S/C19H24N4O3S/c1-19(2,3)12-5-7-14-11(9-12)10-15(27-14)18(26)21-20-17(25)13-6-8-16(24)23(4)22-13/h6,8,10,12H,5,7,9H2,1-4H3,(H,20,25)(H,21,26)/t12-/m0/s1. The van der Waals surface area contributed by atoms with Crippen molar-refractivity contribution < 1.29 is 9.59 Å². The molecular weight excluding hydrogens is 364 g/mol. The Morgan fingerprint density at radius 2 is 1.93 bits per heavy atom. The van der Waals surface area contributed by atoms with Crippen LogP contribution in [-0.4, -0.2) is 21.6 Å². The molecule has 0 bridgehead atoms. The number of fused-ring (bicyclic) bond motifs is 1. The van der Waals surface area contributed by atoms with Crippen molar-refractivity contribution in [1.82, 2.24) is 20.6 Å². The largest absolute Gasteiger partial charge is 0.290 e. The summed E-state index contributed by atoms with van der Waals surface area (Å²) in [7, 11) is 1.46. The van der Waals surface area contributed by atoms with Crippen LogP contribution in [0.15, 0.2) is 23.0 Å². The Labute approximate surface area is 161 Å². The van der Waals surface area contributed by atoms with Gasteiger partial charge in [0.1, 0.15) is 0 Å². The fraction of sp³-hybridized carbons (Fsp3) is 0.474. The highest BCUT2D eigenvalue weighted by molar-refractivity contribution is 7.14. The molecule has 3 rings (SSSR count). The van der Waals surface area contributed by atoms with Crippen LogP contribution in [-0.2, 0) is 19.9 Å². The van der Waals surface area contributed by atoms with Gasteiger partial charge in [0.25, 0.3) is 17.4 Å². The molecule has 2 amide bonds. The average Bonchev–Trinajstić information content (AvgIpc) is 3.04. The van der Waals surface area contributed by atoms with E-state index in [0.29, 0.717) is 10.8 Å². The van der Waals surface area contributed by atoms with Crippen LogP contribution in [0.1, 0.15) is 57.8 Å². The molecule has 1 atom stereocenters. The quantitative estimate of drug-likeness (QED) is 0.770. The summed E-state index contributed by atoms with van der Waals surface area (Å²) in [6.45, 7) is 6.77. The van der Waals surface area contributed by atoms with Crippen molar-refractivity contribution >= 4 is 23.2 Å². The van der Waals surface area contributed by atoms with Gasteiger partial charge in [-0.25, -0.2) is 4.68 Å². The fourth-order valence-corrected chi connectivity index (χ4v) is 4.34. The summed E-state index contributed by atoms with van der Waals surface area (Å²) in [5.74, 6) is -0.320. The first-order valence-corrected chi connectivity index (χ1v) is 9.73. The molecular formula is C19H24N4O3S. The topological polar surface area (TPSA) is 93.1 Å². The van der Waals surface area contributed by atoms with Crippen LogP contribution in [0, 0.1) is 11.3 Å². The second-order valence-electron chi connectivity index (χ2n) is 7.95. The first-order valence-electron chi connectivity index (χ1n) is 8.92.